The number of hydrogen-bond acceptors (Lipinski definition) is 5. The van der Waals surface area contributed by atoms with Gasteiger partial charge in [-0.1, -0.05) is 6.58 Å². The SMILES string of the molecule is C=c1/c(=C\N=C(C)n2cnc3ccc(F)cc32)nc(-c2cccnc2)n1C1CCOCC1. The van der Waals surface area contributed by atoms with Crippen molar-refractivity contribution in [3.63, 3.8) is 0 Å². The molecule has 1 saturated heterocycles. The summed E-state index contributed by atoms with van der Waals surface area (Å²) in [6, 6.07) is 8.66. The van der Waals surface area contributed by atoms with Crippen LogP contribution >= 0.6 is 0 Å². The van der Waals surface area contributed by atoms with Crippen molar-refractivity contribution in [2.75, 3.05) is 13.2 Å². The normalized spacial score (nSPS) is 16.2. The molecule has 1 aliphatic heterocycles. The summed E-state index contributed by atoms with van der Waals surface area (Å²) in [4.78, 5) is 18.0. The van der Waals surface area contributed by atoms with Crippen molar-refractivity contribution in [2.45, 2.75) is 25.8 Å². The summed E-state index contributed by atoms with van der Waals surface area (Å²) in [5, 5.41) is 1.49. The van der Waals surface area contributed by atoms with Crippen LogP contribution in [0.2, 0.25) is 0 Å². The summed E-state index contributed by atoms with van der Waals surface area (Å²) in [5.41, 5.74) is 2.31. The van der Waals surface area contributed by atoms with Gasteiger partial charge in [-0.15, -0.1) is 0 Å². The molecule has 0 aliphatic carbocycles. The van der Waals surface area contributed by atoms with Gasteiger partial charge in [0.05, 0.1) is 22.6 Å². The number of nitrogens with zero attached hydrogens (tertiary/aromatic N) is 6. The Balaban J connectivity index is 1.60. The van der Waals surface area contributed by atoms with Crippen molar-refractivity contribution in [3.8, 4) is 11.4 Å². The van der Waals surface area contributed by atoms with Crippen LogP contribution < -0.4 is 10.7 Å². The average Bonchev–Trinajstić information content (AvgIpc) is 3.39. The first kappa shape index (κ1) is 20.3. The van der Waals surface area contributed by atoms with E-state index >= 15 is 0 Å². The third-order valence-electron chi connectivity index (χ3n) is 5.75. The molecule has 5 rings (SSSR count). The van der Waals surface area contributed by atoms with Crippen LogP contribution in [0, 0.1) is 5.82 Å². The first-order chi connectivity index (χ1) is 15.6. The Morgan fingerprint density at radius 2 is 2.12 bits per heavy atom. The highest BCUT2D eigenvalue weighted by molar-refractivity contribution is 5.93. The topological polar surface area (TPSA) is 70.1 Å². The van der Waals surface area contributed by atoms with E-state index in [-0.39, 0.29) is 11.9 Å². The summed E-state index contributed by atoms with van der Waals surface area (Å²) < 4.78 is 23.2. The van der Waals surface area contributed by atoms with Crippen molar-refractivity contribution in [1.82, 2.24) is 24.1 Å². The first-order valence-electron chi connectivity index (χ1n) is 10.5. The minimum Gasteiger partial charge on any atom is -0.381 e. The molecule has 4 heterocycles. The molecule has 0 amide bonds. The number of hydrogen-bond donors (Lipinski definition) is 0. The number of halogens is 1. The van der Waals surface area contributed by atoms with Crippen LogP contribution in [0.15, 0.2) is 54.0 Å². The molecule has 0 radical (unpaired) electrons. The van der Waals surface area contributed by atoms with E-state index in [1.165, 1.54) is 12.1 Å². The third kappa shape index (κ3) is 3.73. The first-order valence-corrected chi connectivity index (χ1v) is 10.5. The second kappa shape index (κ2) is 8.47. The zero-order valence-corrected chi connectivity index (χ0v) is 17.8. The fourth-order valence-electron chi connectivity index (χ4n) is 4.08. The van der Waals surface area contributed by atoms with Gasteiger partial charge in [0, 0.05) is 43.3 Å². The summed E-state index contributed by atoms with van der Waals surface area (Å²) in [7, 11) is 0. The molecule has 8 heteroatoms. The number of ether oxygens (including phenoxy) is 1. The fraction of sp³-hybridized carbons (Fsp3) is 0.250. The van der Waals surface area contributed by atoms with E-state index in [9.17, 15) is 4.39 Å². The van der Waals surface area contributed by atoms with Gasteiger partial charge >= 0.3 is 0 Å². The summed E-state index contributed by atoms with van der Waals surface area (Å²) in [6.45, 7) is 7.60. The quantitative estimate of drug-likeness (QED) is 0.370. The van der Waals surface area contributed by atoms with Crippen LogP contribution in [0.5, 0.6) is 0 Å². The molecule has 0 saturated carbocycles. The number of fused-ring (bicyclic) bond motifs is 1. The molecule has 0 bridgehead atoms. The number of benzene rings is 1. The van der Waals surface area contributed by atoms with E-state index in [1.807, 2.05) is 25.3 Å². The second-order valence-corrected chi connectivity index (χ2v) is 7.78. The molecule has 1 fully saturated rings. The molecule has 1 aromatic carbocycles. The van der Waals surface area contributed by atoms with Crippen LogP contribution in [-0.4, -0.2) is 43.1 Å². The molecule has 162 valence electrons. The fourth-order valence-corrected chi connectivity index (χ4v) is 4.08. The zero-order valence-electron chi connectivity index (χ0n) is 17.8. The van der Waals surface area contributed by atoms with Gasteiger partial charge in [0.15, 0.2) is 0 Å². The number of imidazole rings is 2. The van der Waals surface area contributed by atoms with Crippen LogP contribution in [0.3, 0.4) is 0 Å². The minimum absolute atomic E-state index is 0.256. The molecule has 0 atom stereocenters. The standard InChI is InChI=1S/C24H23FN6O/c1-16-22(14-27-17(2)30-15-28-21-6-5-19(25)12-23(21)30)29-24(18-4-3-9-26-13-18)31(16)20-7-10-32-11-8-20/h3-6,9,12-15,20H,1,7-8,10-11H2,2H3/b22-14+,27-17?. The number of aliphatic imine (C=N–C) groups is 1. The maximum Gasteiger partial charge on any atom is 0.143 e. The predicted octanol–water partition coefficient (Wildman–Crippen LogP) is 2.90. The van der Waals surface area contributed by atoms with Gasteiger partial charge in [0.2, 0.25) is 0 Å². The number of aromatic nitrogens is 5. The van der Waals surface area contributed by atoms with Crippen LogP contribution in [-0.2, 0) is 4.74 Å². The van der Waals surface area contributed by atoms with E-state index in [2.05, 4.69) is 26.1 Å². The summed E-state index contributed by atoms with van der Waals surface area (Å²) in [5.74, 6) is 1.16. The molecular formula is C24H23FN6O. The van der Waals surface area contributed by atoms with Gasteiger partial charge in [0.1, 0.15) is 29.2 Å². The third-order valence-corrected chi connectivity index (χ3v) is 5.75. The van der Waals surface area contributed by atoms with Crippen LogP contribution in [0.1, 0.15) is 25.8 Å². The van der Waals surface area contributed by atoms with Gasteiger partial charge in [-0.2, -0.15) is 0 Å². The lowest BCUT2D eigenvalue weighted by Crippen LogP contribution is -2.33. The van der Waals surface area contributed by atoms with Gasteiger partial charge in [-0.05, 0) is 44.0 Å². The average molecular weight is 430 g/mol. The predicted molar refractivity (Wildman–Crippen MR) is 122 cm³/mol. The van der Waals surface area contributed by atoms with E-state index < -0.39 is 0 Å². The maximum atomic E-state index is 13.7. The number of pyridine rings is 1. The Morgan fingerprint density at radius 1 is 1.28 bits per heavy atom. The second-order valence-electron chi connectivity index (χ2n) is 7.78. The highest BCUT2D eigenvalue weighted by Crippen LogP contribution is 2.24. The lowest BCUT2D eigenvalue weighted by molar-refractivity contribution is 0.0693. The molecule has 3 aromatic heterocycles. The summed E-state index contributed by atoms with van der Waals surface area (Å²) >= 11 is 0. The minimum atomic E-state index is -0.313. The molecule has 1 aliphatic rings. The van der Waals surface area contributed by atoms with E-state index in [4.69, 9.17) is 9.72 Å². The van der Waals surface area contributed by atoms with E-state index in [0.29, 0.717) is 22.2 Å². The molecule has 0 unspecified atom stereocenters. The Kier molecular flexibility index (Phi) is 5.36. The Hall–Kier alpha value is -3.65. The molecule has 7 nitrogen and oxygen atoms in total. The molecule has 0 N–H and O–H groups in total. The Bertz CT molecular complexity index is 1400. The smallest absolute Gasteiger partial charge is 0.143 e. The van der Waals surface area contributed by atoms with E-state index in [1.54, 1.807) is 29.4 Å². The molecular weight excluding hydrogens is 407 g/mol. The van der Waals surface area contributed by atoms with Crippen LogP contribution in [0.4, 0.5) is 4.39 Å². The monoisotopic (exact) mass is 430 g/mol. The van der Waals surface area contributed by atoms with Crippen molar-refractivity contribution in [2.24, 2.45) is 4.99 Å². The van der Waals surface area contributed by atoms with E-state index in [0.717, 1.165) is 42.8 Å². The van der Waals surface area contributed by atoms with Gasteiger partial charge in [0.25, 0.3) is 0 Å². The van der Waals surface area contributed by atoms with Crippen molar-refractivity contribution < 1.29 is 9.13 Å². The summed E-state index contributed by atoms with van der Waals surface area (Å²) in [6.07, 6.45) is 8.71. The van der Waals surface area contributed by atoms with Crippen molar-refractivity contribution in [3.05, 3.63) is 65.6 Å². The van der Waals surface area contributed by atoms with Crippen LogP contribution in [0.25, 0.3) is 35.2 Å². The molecule has 4 aromatic rings. The molecule has 0 spiro atoms. The zero-order chi connectivity index (χ0) is 22.1. The van der Waals surface area contributed by atoms with Crippen molar-refractivity contribution in [1.29, 1.82) is 0 Å². The largest absolute Gasteiger partial charge is 0.381 e. The Morgan fingerprint density at radius 3 is 2.91 bits per heavy atom. The van der Waals surface area contributed by atoms with Gasteiger partial charge < -0.3 is 9.30 Å². The highest BCUT2D eigenvalue weighted by Gasteiger charge is 2.21. The van der Waals surface area contributed by atoms with Crippen molar-refractivity contribution >= 4 is 29.6 Å². The molecule has 32 heavy (non-hydrogen) atoms. The maximum absolute atomic E-state index is 13.7. The van der Waals surface area contributed by atoms with Gasteiger partial charge in [-0.3, -0.25) is 9.55 Å². The van der Waals surface area contributed by atoms with Gasteiger partial charge in [-0.25, -0.2) is 19.4 Å². The lowest BCUT2D eigenvalue weighted by Gasteiger charge is -2.25. The highest BCUT2D eigenvalue weighted by atomic mass is 19.1. The lowest BCUT2D eigenvalue weighted by atomic mass is 10.1. The number of rotatable bonds is 3. The Labute approximate surface area is 184 Å².